The summed E-state index contributed by atoms with van der Waals surface area (Å²) in [5, 5.41) is 3.26. The van der Waals surface area contributed by atoms with Gasteiger partial charge < -0.3 is 10.5 Å². The Kier molecular flexibility index (Phi) is 4.32. The van der Waals surface area contributed by atoms with Crippen molar-refractivity contribution in [3.63, 3.8) is 0 Å². The molecule has 0 unspecified atom stereocenters. The van der Waals surface area contributed by atoms with Gasteiger partial charge in [0.2, 0.25) is 11.9 Å². The van der Waals surface area contributed by atoms with E-state index in [0.29, 0.717) is 6.61 Å². The molecule has 2 rings (SSSR count). The van der Waals surface area contributed by atoms with Gasteiger partial charge in [0, 0.05) is 12.3 Å². The summed E-state index contributed by atoms with van der Waals surface area (Å²) < 4.78 is 5.46. The maximum absolute atomic E-state index is 10.9. The molecule has 2 aromatic rings. The Morgan fingerprint density at radius 1 is 1.43 bits per heavy atom. The molecule has 7 heteroatoms. The van der Waals surface area contributed by atoms with Gasteiger partial charge in [-0.25, -0.2) is 9.97 Å². The summed E-state index contributed by atoms with van der Waals surface area (Å²) in [4.78, 5) is 23.4. The highest BCUT2D eigenvalue weighted by atomic mass is 16.5. The van der Waals surface area contributed by atoms with E-state index in [-0.39, 0.29) is 17.8 Å². The number of rotatable bonds is 3. The van der Waals surface area contributed by atoms with E-state index in [0.717, 1.165) is 22.3 Å². The van der Waals surface area contributed by atoms with Crippen LogP contribution in [-0.4, -0.2) is 28.4 Å². The third-order valence-electron chi connectivity index (χ3n) is 2.68. The van der Waals surface area contributed by atoms with Crippen molar-refractivity contribution in [3.8, 4) is 5.75 Å². The van der Waals surface area contributed by atoms with Crippen LogP contribution in [0.3, 0.4) is 0 Å². The van der Waals surface area contributed by atoms with Crippen LogP contribution in [0.2, 0.25) is 0 Å². The van der Waals surface area contributed by atoms with E-state index < -0.39 is 0 Å². The number of benzene rings is 1. The van der Waals surface area contributed by atoms with E-state index in [4.69, 9.17) is 10.5 Å². The van der Waals surface area contributed by atoms with Gasteiger partial charge in [-0.1, -0.05) is 0 Å². The fourth-order valence-corrected chi connectivity index (χ4v) is 1.87. The maximum atomic E-state index is 10.9. The molecule has 21 heavy (non-hydrogen) atoms. The lowest BCUT2D eigenvalue weighted by Gasteiger charge is -2.07. The lowest BCUT2D eigenvalue weighted by Crippen LogP contribution is -2.34. The molecule has 0 saturated carbocycles. The van der Waals surface area contributed by atoms with Crippen LogP contribution in [0, 0.1) is 6.92 Å². The van der Waals surface area contributed by atoms with Crippen molar-refractivity contribution in [2.45, 2.75) is 20.8 Å². The number of nitrogens with zero attached hydrogens (tertiary/aromatic N) is 3. The zero-order valence-electron chi connectivity index (χ0n) is 12.2. The largest absolute Gasteiger partial charge is 0.494 e. The van der Waals surface area contributed by atoms with E-state index in [2.05, 4.69) is 20.3 Å². The second-order valence-electron chi connectivity index (χ2n) is 4.40. The van der Waals surface area contributed by atoms with Gasteiger partial charge >= 0.3 is 0 Å². The second kappa shape index (κ2) is 6.17. The zero-order valence-corrected chi connectivity index (χ0v) is 12.2. The van der Waals surface area contributed by atoms with E-state index in [1.54, 1.807) is 0 Å². The van der Waals surface area contributed by atoms with E-state index in [1.165, 1.54) is 6.92 Å². The van der Waals surface area contributed by atoms with Crippen molar-refractivity contribution >= 4 is 28.7 Å². The standard InChI is InChI=1S/C14H17N5O2/c1-4-21-10-5-6-12-11(7-10)8(2)16-14(18-12)19-13(15)17-9(3)20/h5-7H,4H2,1-3H3,(H3,15,16,17,18,19,20). The number of aliphatic imine (C=N–C) groups is 1. The van der Waals surface area contributed by atoms with E-state index >= 15 is 0 Å². The summed E-state index contributed by atoms with van der Waals surface area (Å²) in [5.41, 5.74) is 7.08. The molecular formula is C14H17N5O2. The molecule has 3 N–H and O–H groups in total. The first-order valence-electron chi connectivity index (χ1n) is 6.52. The smallest absolute Gasteiger partial charge is 0.253 e. The number of fused-ring (bicyclic) bond motifs is 1. The number of nitrogens with one attached hydrogen (secondary N) is 1. The maximum Gasteiger partial charge on any atom is 0.253 e. The molecule has 0 saturated heterocycles. The molecule has 1 aromatic carbocycles. The molecule has 0 radical (unpaired) electrons. The molecular weight excluding hydrogens is 270 g/mol. The number of aryl methyl sites for hydroxylation is 1. The van der Waals surface area contributed by atoms with Crippen LogP contribution < -0.4 is 15.8 Å². The molecule has 0 fully saturated rings. The minimum atomic E-state index is -0.296. The van der Waals surface area contributed by atoms with Gasteiger partial charge in [0.1, 0.15) is 5.75 Å². The van der Waals surface area contributed by atoms with Gasteiger partial charge in [-0.3, -0.25) is 10.1 Å². The van der Waals surface area contributed by atoms with E-state index in [9.17, 15) is 4.79 Å². The molecule has 0 aliphatic rings. The molecule has 1 heterocycles. The molecule has 110 valence electrons. The van der Waals surface area contributed by atoms with Gasteiger partial charge in [0.25, 0.3) is 5.95 Å². The van der Waals surface area contributed by atoms with Crippen LogP contribution in [0.4, 0.5) is 5.95 Å². The highest BCUT2D eigenvalue weighted by molar-refractivity contribution is 5.96. The Morgan fingerprint density at radius 2 is 2.19 bits per heavy atom. The van der Waals surface area contributed by atoms with E-state index in [1.807, 2.05) is 32.0 Å². The van der Waals surface area contributed by atoms with Crippen molar-refractivity contribution in [1.82, 2.24) is 15.3 Å². The van der Waals surface area contributed by atoms with Crippen LogP contribution in [-0.2, 0) is 4.79 Å². The fourth-order valence-electron chi connectivity index (χ4n) is 1.87. The molecule has 0 aliphatic carbocycles. The van der Waals surface area contributed by atoms with Gasteiger partial charge in [0.15, 0.2) is 0 Å². The number of amides is 1. The average Bonchev–Trinajstić information content (AvgIpc) is 2.38. The van der Waals surface area contributed by atoms with Gasteiger partial charge in [-0.15, -0.1) is 0 Å². The first-order chi connectivity index (χ1) is 9.99. The topological polar surface area (TPSA) is 102 Å². The number of ether oxygens (including phenoxy) is 1. The highest BCUT2D eigenvalue weighted by Gasteiger charge is 2.06. The minimum absolute atomic E-state index is 0.0350. The third-order valence-corrected chi connectivity index (χ3v) is 2.68. The van der Waals surface area contributed by atoms with Crippen molar-refractivity contribution < 1.29 is 9.53 Å². The van der Waals surface area contributed by atoms with Crippen molar-refractivity contribution in [1.29, 1.82) is 0 Å². The number of guanidine groups is 1. The zero-order chi connectivity index (χ0) is 15.4. The molecule has 7 nitrogen and oxygen atoms in total. The number of hydrogen-bond donors (Lipinski definition) is 2. The Hall–Kier alpha value is -2.70. The first kappa shape index (κ1) is 14.7. The van der Waals surface area contributed by atoms with Crippen molar-refractivity contribution in [2.75, 3.05) is 6.61 Å². The van der Waals surface area contributed by atoms with Crippen LogP contribution in [0.5, 0.6) is 5.75 Å². The average molecular weight is 287 g/mol. The molecule has 1 aromatic heterocycles. The first-order valence-corrected chi connectivity index (χ1v) is 6.52. The summed E-state index contributed by atoms with van der Waals surface area (Å²) in [7, 11) is 0. The lowest BCUT2D eigenvalue weighted by atomic mass is 10.2. The molecule has 0 bridgehead atoms. The quantitative estimate of drug-likeness (QED) is 0.656. The number of aromatic nitrogens is 2. The van der Waals surface area contributed by atoms with Crippen molar-refractivity contribution in [2.24, 2.45) is 10.7 Å². The Morgan fingerprint density at radius 3 is 2.86 bits per heavy atom. The minimum Gasteiger partial charge on any atom is -0.494 e. The predicted molar refractivity (Wildman–Crippen MR) is 80.5 cm³/mol. The molecule has 0 aliphatic heterocycles. The highest BCUT2D eigenvalue weighted by Crippen LogP contribution is 2.23. The summed E-state index contributed by atoms with van der Waals surface area (Å²) in [6.07, 6.45) is 0. The number of hydrogen-bond acceptors (Lipinski definition) is 5. The van der Waals surface area contributed by atoms with Gasteiger partial charge in [-0.05, 0) is 32.0 Å². The predicted octanol–water partition coefficient (Wildman–Crippen LogP) is 1.42. The molecule has 1 amide bonds. The van der Waals surface area contributed by atoms with Crippen LogP contribution in [0.15, 0.2) is 23.2 Å². The molecule has 0 atom stereocenters. The summed E-state index contributed by atoms with van der Waals surface area (Å²) in [5.74, 6) is 0.642. The summed E-state index contributed by atoms with van der Waals surface area (Å²) in [6.45, 7) is 5.73. The number of carbonyl (C=O) groups is 1. The van der Waals surface area contributed by atoms with Crippen LogP contribution >= 0.6 is 0 Å². The Balaban J connectivity index is 2.41. The van der Waals surface area contributed by atoms with Crippen molar-refractivity contribution in [3.05, 3.63) is 23.9 Å². The summed E-state index contributed by atoms with van der Waals surface area (Å²) >= 11 is 0. The van der Waals surface area contributed by atoms with Crippen LogP contribution in [0.25, 0.3) is 10.9 Å². The third kappa shape index (κ3) is 3.65. The SMILES string of the molecule is CCOc1ccc2nc(/N=C(\N)NC(C)=O)nc(C)c2c1. The Bertz CT molecular complexity index is 712. The van der Waals surface area contributed by atoms with Crippen LogP contribution in [0.1, 0.15) is 19.5 Å². The number of nitrogens with two attached hydrogens (primary N) is 1. The molecule has 0 spiro atoms. The second-order valence-corrected chi connectivity index (χ2v) is 4.40. The number of carbonyl (C=O) groups excluding carboxylic acids is 1. The fraction of sp³-hybridized carbons (Fsp3) is 0.286. The summed E-state index contributed by atoms with van der Waals surface area (Å²) in [6, 6.07) is 5.56. The van der Waals surface area contributed by atoms with Gasteiger partial charge in [0.05, 0.1) is 17.8 Å². The lowest BCUT2D eigenvalue weighted by molar-refractivity contribution is -0.117. The van der Waals surface area contributed by atoms with Gasteiger partial charge in [-0.2, -0.15) is 4.99 Å². The normalized spacial score (nSPS) is 11.5. The Labute approximate surface area is 122 Å². The monoisotopic (exact) mass is 287 g/mol.